The van der Waals surface area contributed by atoms with Gasteiger partial charge < -0.3 is 10.4 Å². The highest BCUT2D eigenvalue weighted by molar-refractivity contribution is 5.27. The molecule has 2 aromatic rings. The Hall–Kier alpha value is -1.72. The second kappa shape index (κ2) is 6.81. The van der Waals surface area contributed by atoms with Crippen molar-refractivity contribution in [1.29, 1.82) is 0 Å². The van der Waals surface area contributed by atoms with Crippen molar-refractivity contribution in [2.24, 2.45) is 0 Å². The highest BCUT2D eigenvalue weighted by Crippen LogP contribution is 2.21. The zero-order valence-electron chi connectivity index (χ0n) is 14.6. The smallest absolute Gasteiger partial charge is 0.128 e. The molecule has 0 fully saturated rings. The maximum atomic E-state index is 13.4. The van der Waals surface area contributed by atoms with Crippen LogP contribution in [0.2, 0.25) is 0 Å². The first kappa shape index (κ1) is 17.6. The van der Waals surface area contributed by atoms with E-state index in [1.165, 1.54) is 11.6 Å². The first-order chi connectivity index (χ1) is 10.7. The summed E-state index contributed by atoms with van der Waals surface area (Å²) in [7, 11) is 0. The number of halogens is 1. The van der Waals surface area contributed by atoms with Crippen LogP contribution in [-0.4, -0.2) is 14.9 Å². The second-order valence-electron chi connectivity index (χ2n) is 6.92. The van der Waals surface area contributed by atoms with Gasteiger partial charge in [0.25, 0.3) is 0 Å². The summed E-state index contributed by atoms with van der Waals surface area (Å²) >= 11 is 0. The van der Waals surface area contributed by atoms with Crippen molar-refractivity contribution in [3.8, 4) is 0 Å². The van der Waals surface area contributed by atoms with E-state index in [1.807, 2.05) is 6.92 Å². The third-order valence-electron chi connectivity index (χ3n) is 3.99. The van der Waals surface area contributed by atoms with E-state index < -0.39 is 0 Å². The zero-order valence-corrected chi connectivity index (χ0v) is 14.6. The summed E-state index contributed by atoms with van der Waals surface area (Å²) in [5, 5.41) is 17.1. The van der Waals surface area contributed by atoms with Crippen LogP contribution < -0.4 is 5.32 Å². The number of aryl methyl sites for hydroxylation is 1. The highest BCUT2D eigenvalue weighted by Gasteiger charge is 2.20. The van der Waals surface area contributed by atoms with Crippen LogP contribution in [0.1, 0.15) is 48.8 Å². The minimum Gasteiger partial charge on any atom is -0.392 e. The summed E-state index contributed by atoms with van der Waals surface area (Å²) < 4.78 is 15.4. The lowest BCUT2D eigenvalue weighted by Crippen LogP contribution is -2.24. The van der Waals surface area contributed by atoms with Crippen molar-refractivity contribution in [3.05, 3.63) is 52.1 Å². The minimum atomic E-state index is -0.366. The Kier molecular flexibility index (Phi) is 5.22. The molecular formula is C18H26FN3O. The second-order valence-corrected chi connectivity index (χ2v) is 6.92. The molecule has 1 aromatic heterocycles. The van der Waals surface area contributed by atoms with Crippen molar-refractivity contribution >= 4 is 0 Å². The van der Waals surface area contributed by atoms with Gasteiger partial charge in [-0.3, -0.25) is 4.68 Å². The van der Waals surface area contributed by atoms with Crippen LogP contribution >= 0.6 is 0 Å². The van der Waals surface area contributed by atoms with Gasteiger partial charge in [0.1, 0.15) is 5.82 Å². The van der Waals surface area contributed by atoms with E-state index in [1.54, 1.807) is 12.1 Å². The van der Waals surface area contributed by atoms with E-state index in [0.29, 0.717) is 18.7 Å². The molecule has 23 heavy (non-hydrogen) atoms. The molecule has 0 saturated heterocycles. The van der Waals surface area contributed by atoms with E-state index in [-0.39, 0.29) is 18.0 Å². The fourth-order valence-electron chi connectivity index (χ4n) is 2.77. The monoisotopic (exact) mass is 319 g/mol. The first-order valence-corrected chi connectivity index (χ1v) is 7.88. The number of aliphatic hydroxyl groups is 1. The molecule has 126 valence electrons. The van der Waals surface area contributed by atoms with Gasteiger partial charge in [0.05, 0.1) is 17.8 Å². The summed E-state index contributed by atoms with van der Waals surface area (Å²) in [5.74, 6) is -0.366. The zero-order chi connectivity index (χ0) is 17.2. The SMILES string of the molecule is Cc1nn(C(C)(C)C)c(C)c1CNCc1ccc(F)c(CO)c1. The van der Waals surface area contributed by atoms with Crippen LogP contribution in [0.5, 0.6) is 0 Å². The fraction of sp³-hybridized carbons (Fsp3) is 0.500. The lowest BCUT2D eigenvalue weighted by molar-refractivity contribution is 0.275. The van der Waals surface area contributed by atoms with Crippen molar-refractivity contribution in [3.63, 3.8) is 0 Å². The summed E-state index contributed by atoms with van der Waals surface area (Å²) in [6.45, 7) is 11.6. The molecular weight excluding hydrogens is 293 g/mol. The predicted octanol–water partition coefficient (Wildman–Crippen LogP) is 3.18. The van der Waals surface area contributed by atoms with Gasteiger partial charge in [-0.1, -0.05) is 6.07 Å². The topological polar surface area (TPSA) is 50.1 Å². The molecule has 0 spiro atoms. The maximum Gasteiger partial charge on any atom is 0.128 e. The van der Waals surface area contributed by atoms with Crippen molar-refractivity contribution < 1.29 is 9.50 Å². The summed E-state index contributed by atoms with van der Waals surface area (Å²) in [4.78, 5) is 0. The van der Waals surface area contributed by atoms with Crippen molar-refractivity contribution in [2.75, 3.05) is 0 Å². The minimum absolute atomic E-state index is 0.0416. The quantitative estimate of drug-likeness (QED) is 0.890. The standard InChI is InChI=1S/C18H26FN3O/c1-12-16(13(2)22(21-12)18(3,4)5)10-20-9-14-6-7-17(19)15(8-14)11-23/h6-8,20,23H,9-11H2,1-5H3. The molecule has 2 rings (SSSR count). The maximum absolute atomic E-state index is 13.4. The van der Waals surface area contributed by atoms with E-state index in [2.05, 4.69) is 42.8 Å². The summed E-state index contributed by atoms with van der Waals surface area (Å²) in [6.07, 6.45) is 0. The lowest BCUT2D eigenvalue weighted by atomic mass is 10.1. The molecule has 0 saturated carbocycles. The van der Waals surface area contributed by atoms with E-state index in [0.717, 1.165) is 17.0 Å². The molecule has 0 aliphatic rings. The van der Waals surface area contributed by atoms with E-state index >= 15 is 0 Å². The third-order valence-corrected chi connectivity index (χ3v) is 3.99. The summed E-state index contributed by atoms with van der Waals surface area (Å²) in [6, 6.07) is 4.83. The number of hydrogen-bond donors (Lipinski definition) is 2. The Labute approximate surface area is 137 Å². The Morgan fingerprint density at radius 3 is 2.48 bits per heavy atom. The van der Waals surface area contributed by atoms with Crippen molar-refractivity contribution in [1.82, 2.24) is 15.1 Å². The number of nitrogens with zero attached hydrogens (tertiary/aromatic N) is 2. The molecule has 5 heteroatoms. The molecule has 1 heterocycles. The number of hydrogen-bond acceptors (Lipinski definition) is 3. The van der Waals surface area contributed by atoms with Crippen LogP contribution in [0.15, 0.2) is 18.2 Å². The van der Waals surface area contributed by atoms with Gasteiger partial charge in [0.15, 0.2) is 0 Å². The van der Waals surface area contributed by atoms with Crippen LogP contribution in [0.4, 0.5) is 4.39 Å². The molecule has 0 unspecified atom stereocenters. The molecule has 4 nitrogen and oxygen atoms in total. The Morgan fingerprint density at radius 2 is 1.91 bits per heavy atom. The molecule has 0 aliphatic carbocycles. The molecule has 0 aliphatic heterocycles. The van der Waals surface area contributed by atoms with Gasteiger partial charge in [-0.05, 0) is 52.3 Å². The third kappa shape index (κ3) is 3.98. The van der Waals surface area contributed by atoms with Gasteiger partial charge in [-0.15, -0.1) is 0 Å². The van der Waals surface area contributed by atoms with Gasteiger partial charge >= 0.3 is 0 Å². The Morgan fingerprint density at radius 1 is 1.22 bits per heavy atom. The molecule has 2 N–H and O–H groups in total. The number of aromatic nitrogens is 2. The molecule has 0 amide bonds. The normalized spacial score (nSPS) is 12.0. The molecule has 0 bridgehead atoms. The van der Waals surface area contributed by atoms with Crippen molar-refractivity contribution in [2.45, 2.75) is 59.9 Å². The molecule has 0 radical (unpaired) electrons. The fourth-order valence-corrected chi connectivity index (χ4v) is 2.77. The number of benzene rings is 1. The molecule has 1 aromatic carbocycles. The average molecular weight is 319 g/mol. The van der Waals surface area contributed by atoms with E-state index in [9.17, 15) is 4.39 Å². The van der Waals surface area contributed by atoms with Crippen LogP contribution in [0.25, 0.3) is 0 Å². The Bertz CT molecular complexity index is 686. The van der Waals surface area contributed by atoms with Crippen LogP contribution in [0, 0.1) is 19.7 Å². The molecule has 0 atom stereocenters. The Balaban J connectivity index is 2.06. The first-order valence-electron chi connectivity index (χ1n) is 7.88. The lowest BCUT2D eigenvalue weighted by Gasteiger charge is -2.21. The van der Waals surface area contributed by atoms with Crippen LogP contribution in [0.3, 0.4) is 0 Å². The average Bonchev–Trinajstić information content (AvgIpc) is 2.76. The van der Waals surface area contributed by atoms with Gasteiger partial charge in [-0.2, -0.15) is 5.10 Å². The summed E-state index contributed by atoms with van der Waals surface area (Å²) in [5.41, 5.74) is 4.63. The predicted molar refractivity (Wildman–Crippen MR) is 89.6 cm³/mol. The number of rotatable bonds is 5. The largest absolute Gasteiger partial charge is 0.392 e. The van der Waals surface area contributed by atoms with Gasteiger partial charge in [-0.25, -0.2) is 4.39 Å². The number of aliphatic hydroxyl groups excluding tert-OH is 1. The van der Waals surface area contributed by atoms with Crippen LogP contribution in [-0.2, 0) is 25.2 Å². The van der Waals surface area contributed by atoms with Gasteiger partial charge in [0, 0.05) is 29.9 Å². The van der Waals surface area contributed by atoms with E-state index in [4.69, 9.17) is 5.11 Å². The van der Waals surface area contributed by atoms with Gasteiger partial charge in [0.2, 0.25) is 0 Å². The highest BCUT2D eigenvalue weighted by atomic mass is 19.1. The number of nitrogens with one attached hydrogen (secondary N) is 1.